The monoisotopic (exact) mass is 311 g/mol. The standard InChI is InChI=1S/C15H22BrNO/c1-3-7-15(8-4-9-17-15)11-12-10-13(18-2)5-6-14(12)16/h5-6,10,17H,3-4,7-9,11H2,1-2H3. The van der Waals surface area contributed by atoms with Gasteiger partial charge in [0.25, 0.3) is 0 Å². The van der Waals surface area contributed by atoms with Crippen molar-refractivity contribution in [2.45, 2.75) is 44.6 Å². The third-order valence-corrected chi connectivity index (χ3v) is 4.62. The first kappa shape index (κ1) is 13.9. The van der Waals surface area contributed by atoms with Crippen molar-refractivity contribution in [2.24, 2.45) is 0 Å². The number of benzene rings is 1. The molecule has 0 spiro atoms. The topological polar surface area (TPSA) is 21.3 Å². The van der Waals surface area contributed by atoms with E-state index in [4.69, 9.17) is 4.74 Å². The first-order chi connectivity index (χ1) is 8.69. The highest BCUT2D eigenvalue weighted by Crippen LogP contribution is 2.32. The molecule has 1 aromatic rings. The summed E-state index contributed by atoms with van der Waals surface area (Å²) in [5.74, 6) is 0.942. The van der Waals surface area contributed by atoms with Crippen LogP contribution < -0.4 is 10.1 Å². The van der Waals surface area contributed by atoms with Crippen LogP contribution in [-0.2, 0) is 6.42 Å². The van der Waals surface area contributed by atoms with E-state index < -0.39 is 0 Å². The first-order valence-electron chi connectivity index (χ1n) is 6.76. The molecular formula is C15H22BrNO. The van der Waals surface area contributed by atoms with Crippen LogP contribution in [0.1, 0.15) is 38.2 Å². The van der Waals surface area contributed by atoms with Gasteiger partial charge >= 0.3 is 0 Å². The van der Waals surface area contributed by atoms with Crippen molar-refractivity contribution in [3.8, 4) is 5.75 Å². The second kappa shape index (κ2) is 6.07. The third-order valence-electron chi connectivity index (χ3n) is 3.84. The minimum absolute atomic E-state index is 0.295. The number of methoxy groups -OCH3 is 1. The van der Waals surface area contributed by atoms with Crippen LogP contribution in [0, 0.1) is 0 Å². The van der Waals surface area contributed by atoms with Crippen LogP contribution in [0.25, 0.3) is 0 Å². The van der Waals surface area contributed by atoms with E-state index in [2.05, 4.69) is 40.3 Å². The maximum absolute atomic E-state index is 5.33. The van der Waals surface area contributed by atoms with Gasteiger partial charge in [0.2, 0.25) is 0 Å². The average molecular weight is 312 g/mol. The zero-order chi connectivity index (χ0) is 13.0. The van der Waals surface area contributed by atoms with Gasteiger partial charge in [-0.05, 0) is 56.0 Å². The lowest BCUT2D eigenvalue weighted by atomic mass is 9.85. The molecule has 2 nitrogen and oxygen atoms in total. The van der Waals surface area contributed by atoms with E-state index in [1.54, 1.807) is 7.11 Å². The Kier molecular flexibility index (Phi) is 4.68. The molecule has 3 heteroatoms. The maximum atomic E-state index is 5.33. The summed E-state index contributed by atoms with van der Waals surface area (Å²) < 4.78 is 6.51. The molecule has 0 aromatic heterocycles. The lowest BCUT2D eigenvalue weighted by molar-refractivity contribution is 0.340. The number of ether oxygens (including phenoxy) is 1. The molecule has 1 saturated heterocycles. The summed E-state index contributed by atoms with van der Waals surface area (Å²) >= 11 is 3.66. The lowest BCUT2D eigenvalue weighted by Gasteiger charge is -2.30. The van der Waals surface area contributed by atoms with E-state index in [9.17, 15) is 0 Å². The normalized spacial score (nSPS) is 23.3. The Morgan fingerprint density at radius 3 is 2.89 bits per heavy atom. The van der Waals surface area contributed by atoms with E-state index in [0.29, 0.717) is 5.54 Å². The molecule has 1 aliphatic heterocycles. The zero-order valence-electron chi connectivity index (χ0n) is 11.3. The highest BCUT2D eigenvalue weighted by Gasteiger charge is 2.33. The summed E-state index contributed by atoms with van der Waals surface area (Å²) in [7, 11) is 1.72. The molecule has 100 valence electrons. The van der Waals surface area contributed by atoms with Crippen molar-refractivity contribution < 1.29 is 4.74 Å². The van der Waals surface area contributed by atoms with E-state index >= 15 is 0 Å². The van der Waals surface area contributed by atoms with Crippen LogP contribution in [0.15, 0.2) is 22.7 Å². The molecule has 0 saturated carbocycles. The summed E-state index contributed by atoms with van der Waals surface area (Å²) in [6.45, 7) is 3.42. The number of hydrogen-bond acceptors (Lipinski definition) is 2. The molecule has 0 aliphatic carbocycles. The van der Waals surface area contributed by atoms with Crippen LogP contribution in [0.2, 0.25) is 0 Å². The van der Waals surface area contributed by atoms with E-state index in [0.717, 1.165) is 18.7 Å². The highest BCUT2D eigenvalue weighted by molar-refractivity contribution is 9.10. The van der Waals surface area contributed by atoms with Crippen LogP contribution in [0.5, 0.6) is 5.75 Å². The molecule has 1 aliphatic rings. The summed E-state index contributed by atoms with van der Waals surface area (Å²) in [6, 6.07) is 6.24. The Bertz CT molecular complexity index is 399. The third kappa shape index (κ3) is 3.07. The van der Waals surface area contributed by atoms with E-state index in [-0.39, 0.29) is 0 Å². The molecule has 1 aromatic carbocycles. The quantitative estimate of drug-likeness (QED) is 0.890. The SMILES string of the molecule is CCCC1(Cc2cc(OC)ccc2Br)CCCN1. The van der Waals surface area contributed by atoms with Crippen molar-refractivity contribution in [1.29, 1.82) is 0 Å². The molecule has 1 unspecified atom stereocenters. The van der Waals surface area contributed by atoms with Crippen LogP contribution in [0.3, 0.4) is 0 Å². The first-order valence-corrected chi connectivity index (χ1v) is 7.56. The Morgan fingerprint density at radius 1 is 1.44 bits per heavy atom. The van der Waals surface area contributed by atoms with E-state index in [1.807, 2.05) is 6.07 Å². The Morgan fingerprint density at radius 2 is 2.28 bits per heavy atom. The fourth-order valence-corrected chi connectivity index (χ4v) is 3.36. The minimum Gasteiger partial charge on any atom is -0.497 e. The smallest absolute Gasteiger partial charge is 0.119 e. The van der Waals surface area contributed by atoms with Crippen molar-refractivity contribution >= 4 is 15.9 Å². The highest BCUT2D eigenvalue weighted by atomic mass is 79.9. The molecule has 0 radical (unpaired) electrons. The number of nitrogens with one attached hydrogen (secondary N) is 1. The van der Waals surface area contributed by atoms with Gasteiger partial charge in [0, 0.05) is 10.0 Å². The van der Waals surface area contributed by atoms with Gasteiger partial charge in [-0.2, -0.15) is 0 Å². The predicted octanol–water partition coefficient (Wildman–Crippen LogP) is 3.92. The number of halogens is 1. The number of hydrogen-bond donors (Lipinski definition) is 1. The van der Waals surface area contributed by atoms with Gasteiger partial charge in [-0.15, -0.1) is 0 Å². The molecule has 1 heterocycles. The molecule has 1 atom stereocenters. The van der Waals surface area contributed by atoms with Gasteiger partial charge in [-0.25, -0.2) is 0 Å². The largest absolute Gasteiger partial charge is 0.497 e. The number of rotatable bonds is 5. The second-order valence-electron chi connectivity index (χ2n) is 5.19. The van der Waals surface area contributed by atoms with Crippen molar-refractivity contribution in [3.63, 3.8) is 0 Å². The fraction of sp³-hybridized carbons (Fsp3) is 0.600. The molecule has 1 fully saturated rings. The van der Waals surface area contributed by atoms with Crippen molar-refractivity contribution in [3.05, 3.63) is 28.2 Å². The summed E-state index contributed by atoms with van der Waals surface area (Å²) in [4.78, 5) is 0. The van der Waals surface area contributed by atoms with Crippen LogP contribution in [-0.4, -0.2) is 19.2 Å². The van der Waals surface area contributed by atoms with Gasteiger partial charge in [0.15, 0.2) is 0 Å². The predicted molar refractivity (Wildman–Crippen MR) is 79.3 cm³/mol. The van der Waals surface area contributed by atoms with Gasteiger partial charge in [0.05, 0.1) is 7.11 Å². The summed E-state index contributed by atoms with van der Waals surface area (Å²) in [6.07, 6.45) is 6.13. The second-order valence-corrected chi connectivity index (χ2v) is 6.05. The van der Waals surface area contributed by atoms with Gasteiger partial charge in [0.1, 0.15) is 5.75 Å². The molecule has 0 bridgehead atoms. The van der Waals surface area contributed by atoms with Crippen LogP contribution in [0.4, 0.5) is 0 Å². The van der Waals surface area contributed by atoms with Gasteiger partial charge in [-0.3, -0.25) is 0 Å². The summed E-state index contributed by atoms with van der Waals surface area (Å²) in [5.41, 5.74) is 1.64. The van der Waals surface area contributed by atoms with Crippen LogP contribution >= 0.6 is 15.9 Å². The fourth-order valence-electron chi connectivity index (χ4n) is 2.98. The molecule has 1 N–H and O–H groups in total. The average Bonchev–Trinajstić information content (AvgIpc) is 2.81. The Labute approximate surface area is 118 Å². The van der Waals surface area contributed by atoms with Gasteiger partial charge in [-0.1, -0.05) is 29.3 Å². The molecular weight excluding hydrogens is 290 g/mol. The Balaban J connectivity index is 2.20. The molecule has 2 rings (SSSR count). The molecule has 0 amide bonds. The van der Waals surface area contributed by atoms with Crippen molar-refractivity contribution in [2.75, 3.05) is 13.7 Å². The van der Waals surface area contributed by atoms with Crippen molar-refractivity contribution in [1.82, 2.24) is 5.32 Å². The van der Waals surface area contributed by atoms with Gasteiger partial charge < -0.3 is 10.1 Å². The molecule has 18 heavy (non-hydrogen) atoms. The maximum Gasteiger partial charge on any atom is 0.119 e. The van der Waals surface area contributed by atoms with E-state index in [1.165, 1.54) is 35.7 Å². The lowest BCUT2D eigenvalue weighted by Crippen LogP contribution is -2.41. The zero-order valence-corrected chi connectivity index (χ0v) is 12.8. The Hall–Kier alpha value is -0.540. The minimum atomic E-state index is 0.295. The summed E-state index contributed by atoms with van der Waals surface area (Å²) in [5, 5.41) is 3.72.